The van der Waals surface area contributed by atoms with Crippen LogP contribution in [0.3, 0.4) is 0 Å². The molecule has 0 unspecified atom stereocenters. The lowest BCUT2D eigenvalue weighted by molar-refractivity contribution is -0.120. The lowest BCUT2D eigenvalue weighted by atomic mass is 10.1. The van der Waals surface area contributed by atoms with Crippen molar-refractivity contribution in [2.75, 3.05) is 6.54 Å². The molecule has 0 saturated heterocycles. The van der Waals surface area contributed by atoms with Gasteiger partial charge in [0.25, 0.3) is 0 Å². The molecule has 0 aliphatic carbocycles. The lowest BCUT2D eigenvalue weighted by Crippen LogP contribution is -2.27. The van der Waals surface area contributed by atoms with Crippen LogP contribution in [0.5, 0.6) is 0 Å². The highest BCUT2D eigenvalue weighted by atomic mass is 35.5. The van der Waals surface area contributed by atoms with Crippen molar-refractivity contribution < 1.29 is 9.18 Å². The van der Waals surface area contributed by atoms with Crippen molar-refractivity contribution in [1.82, 2.24) is 5.32 Å². The number of rotatable bonds is 5. The number of carbonyl (C=O) groups excluding carboxylic acids is 1. The fraction of sp³-hybridized carbons (Fsp3) is 0.188. The van der Waals surface area contributed by atoms with Crippen LogP contribution in [0.25, 0.3) is 0 Å². The van der Waals surface area contributed by atoms with Crippen LogP contribution >= 0.6 is 23.2 Å². The average molecular weight is 326 g/mol. The zero-order valence-electron chi connectivity index (χ0n) is 11.2. The van der Waals surface area contributed by atoms with E-state index in [9.17, 15) is 9.18 Å². The van der Waals surface area contributed by atoms with Crippen molar-refractivity contribution in [3.63, 3.8) is 0 Å². The van der Waals surface area contributed by atoms with Gasteiger partial charge >= 0.3 is 0 Å². The quantitative estimate of drug-likeness (QED) is 0.883. The smallest absolute Gasteiger partial charge is 0.224 e. The Morgan fingerprint density at radius 3 is 2.38 bits per heavy atom. The third-order valence-electron chi connectivity index (χ3n) is 3.02. The van der Waals surface area contributed by atoms with Gasteiger partial charge in [0, 0.05) is 16.6 Å². The van der Waals surface area contributed by atoms with E-state index in [4.69, 9.17) is 23.2 Å². The van der Waals surface area contributed by atoms with E-state index in [1.54, 1.807) is 6.07 Å². The molecule has 0 aromatic heterocycles. The highest BCUT2D eigenvalue weighted by Crippen LogP contribution is 2.15. The Bertz CT molecular complexity index is 629. The fourth-order valence-electron chi connectivity index (χ4n) is 1.90. The second kappa shape index (κ2) is 7.43. The van der Waals surface area contributed by atoms with Crippen LogP contribution in [0.4, 0.5) is 4.39 Å². The molecular formula is C16H14Cl2FNO. The molecule has 0 spiro atoms. The van der Waals surface area contributed by atoms with E-state index in [1.807, 2.05) is 24.3 Å². The zero-order chi connectivity index (χ0) is 15.2. The molecule has 2 aromatic rings. The first-order valence-corrected chi connectivity index (χ1v) is 7.25. The number of hydrogen-bond donors (Lipinski definition) is 1. The zero-order valence-corrected chi connectivity index (χ0v) is 12.7. The molecular weight excluding hydrogens is 312 g/mol. The molecule has 0 fully saturated rings. The maximum absolute atomic E-state index is 13.6. The van der Waals surface area contributed by atoms with E-state index in [0.717, 1.165) is 5.56 Å². The summed E-state index contributed by atoms with van der Waals surface area (Å²) >= 11 is 11.5. The van der Waals surface area contributed by atoms with Crippen LogP contribution < -0.4 is 5.32 Å². The number of nitrogens with one attached hydrogen (secondary N) is 1. The van der Waals surface area contributed by atoms with E-state index in [0.29, 0.717) is 28.6 Å². The van der Waals surface area contributed by atoms with Gasteiger partial charge in [-0.15, -0.1) is 0 Å². The first-order chi connectivity index (χ1) is 10.0. The summed E-state index contributed by atoms with van der Waals surface area (Å²) in [6.45, 7) is 0.496. The van der Waals surface area contributed by atoms with Crippen molar-refractivity contribution in [1.29, 1.82) is 0 Å². The van der Waals surface area contributed by atoms with Gasteiger partial charge in [0.2, 0.25) is 5.91 Å². The van der Waals surface area contributed by atoms with Gasteiger partial charge < -0.3 is 5.32 Å². The summed E-state index contributed by atoms with van der Waals surface area (Å²) in [7, 11) is 0. The summed E-state index contributed by atoms with van der Waals surface area (Å²) in [5.41, 5.74) is 1.42. The number of amides is 1. The largest absolute Gasteiger partial charge is 0.355 e. The minimum atomic E-state index is -0.463. The predicted molar refractivity (Wildman–Crippen MR) is 83.3 cm³/mol. The Morgan fingerprint density at radius 1 is 1.05 bits per heavy atom. The standard InChI is InChI=1S/C16H14Cl2FNO/c17-13-4-1-11(2-5-13)7-8-20-16(21)9-12-3-6-14(18)10-15(12)19/h1-6,10H,7-9H2,(H,20,21). The number of benzene rings is 2. The minimum Gasteiger partial charge on any atom is -0.355 e. The summed E-state index contributed by atoms with van der Waals surface area (Å²) in [5, 5.41) is 3.76. The van der Waals surface area contributed by atoms with Gasteiger partial charge in [0.1, 0.15) is 5.82 Å². The number of hydrogen-bond acceptors (Lipinski definition) is 1. The van der Waals surface area contributed by atoms with Crippen LogP contribution in [-0.4, -0.2) is 12.5 Å². The van der Waals surface area contributed by atoms with Crippen molar-refractivity contribution in [3.05, 3.63) is 69.5 Å². The lowest BCUT2D eigenvalue weighted by Gasteiger charge is -2.07. The predicted octanol–water partition coefficient (Wildman–Crippen LogP) is 4.03. The molecule has 2 rings (SSSR count). The molecule has 0 bridgehead atoms. The van der Waals surface area contributed by atoms with E-state index in [-0.39, 0.29) is 12.3 Å². The van der Waals surface area contributed by atoms with Crippen LogP contribution in [-0.2, 0) is 17.6 Å². The molecule has 2 aromatic carbocycles. The Morgan fingerprint density at radius 2 is 1.71 bits per heavy atom. The van der Waals surface area contributed by atoms with Crippen molar-refractivity contribution in [3.8, 4) is 0 Å². The molecule has 21 heavy (non-hydrogen) atoms. The normalized spacial score (nSPS) is 10.4. The molecule has 110 valence electrons. The topological polar surface area (TPSA) is 29.1 Å². The van der Waals surface area contributed by atoms with Crippen molar-refractivity contribution in [2.24, 2.45) is 0 Å². The first-order valence-electron chi connectivity index (χ1n) is 6.49. The minimum absolute atomic E-state index is 0.00359. The Labute approximate surface area is 132 Å². The van der Waals surface area contributed by atoms with Gasteiger partial charge in [-0.3, -0.25) is 4.79 Å². The van der Waals surface area contributed by atoms with Crippen molar-refractivity contribution in [2.45, 2.75) is 12.8 Å². The van der Waals surface area contributed by atoms with Gasteiger partial charge in [-0.2, -0.15) is 0 Å². The molecule has 1 amide bonds. The maximum Gasteiger partial charge on any atom is 0.224 e. The van der Waals surface area contributed by atoms with Crippen LogP contribution in [0.15, 0.2) is 42.5 Å². The van der Waals surface area contributed by atoms with Gasteiger partial charge in [0.15, 0.2) is 0 Å². The highest BCUT2D eigenvalue weighted by Gasteiger charge is 2.08. The van der Waals surface area contributed by atoms with Gasteiger partial charge in [0.05, 0.1) is 6.42 Å². The molecule has 0 aliphatic rings. The number of halogens is 3. The van der Waals surface area contributed by atoms with Crippen LogP contribution in [0.1, 0.15) is 11.1 Å². The third kappa shape index (κ3) is 5.03. The highest BCUT2D eigenvalue weighted by molar-refractivity contribution is 6.30. The second-order valence-electron chi connectivity index (χ2n) is 4.64. The number of carbonyl (C=O) groups is 1. The fourth-order valence-corrected chi connectivity index (χ4v) is 2.18. The monoisotopic (exact) mass is 325 g/mol. The summed E-state index contributed by atoms with van der Waals surface area (Å²) < 4.78 is 13.6. The summed E-state index contributed by atoms with van der Waals surface area (Å²) in [6, 6.07) is 11.7. The van der Waals surface area contributed by atoms with Crippen molar-refractivity contribution >= 4 is 29.1 Å². The van der Waals surface area contributed by atoms with Gasteiger partial charge in [-0.1, -0.05) is 41.4 Å². The van der Waals surface area contributed by atoms with Crippen LogP contribution in [0.2, 0.25) is 10.0 Å². The van der Waals surface area contributed by atoms with Gasteiger partial charge in [-0.05, 0) is 41.8 Å². The van der Waals surface area contributed by atoms with E-state index in [1.165, 1.54) is 12.1 Å². The molecule has 0 atom stereocenters. The summed E-state index contributed by atoms with van der Waals surface area (Å²) in [4.78, 5) is 11.8. The Hall–Kier alpha value is -1.58. The maximum atomic E-state index is 13.6. The van der Waals surface area contributed by atoms with Crippen LogP contribution in [0, 0.1) is 5.82 Å². The SMILES string of the molecule is O=C(Cc1ccc(Cl)cc1F)NCCc1ccc(Cl)cc1. The summed E-state index contributed by atoms with van der Waals surface area (Å²) in [5.74, 6) is -0.680. The average Bonchev–Trinajstić information content (AvgIpc) is 2.44. The van der Waals surface area contributed by atoms with Gasteiger partial charge in [-0.25, -0.2) is 4.39 Å². The molecule has 0 aliphatic heterocycles. The molecule has 2 nitrogen and oxygen atoms in total. The first kappa shape index (κ1) is 15.8. The van der Waals surface area contributed by atoms with E-state index < -0.39 is 5.82 Å². The van der Waals surface area contributed by atoms with E-state index in [2.05, 4.69) is 5.32 Å². The molecule has 0 saturated carbocycles. The molecule has 5 heteroatoms. The Kier molecular flexibility index (Phi) is 5.59. The molecule has 0 radical (unpaired) electrons. The third-order valence-corrected chi connectivity index (χ3v) is 3.50. The summed E-state index contributed by atoms with van der Waals surface area (Å²) in [6.07, 6.45) is 0.704. The molecule has 0 heterocycles. The van der Waals surface area contributed by atoms with E-state index >= 15 is 0 Å². The molecule has 1 N–H and O–H groups in total. The Balaban J connectivity index is 1.81. The second-order valence-corrected chi connectivity index (χ2v) is 5.51.